The van der Waals surface area contributed by atoms with Gasteiger partial charge in [0.15, 0.2) is 0 Å². The maximum absolute atomic E-state index is 3.61. The molecule has 1 aromatic heterocycles. The lowest BCUT2D eigenvalue weighted by atomic mass is 9.72. The molecule has 0 saturated heterocycles. The Kier molecular flexibility index (Phi) is 4.72. The Bertz CT molecular complexity index is 470. The zero-order chi connectivity index (χ0) is 15.0. The SMILES string of the molecule is CNC1CC(C)CC(C)C1CN1CCc2sccc2C1C. The Morgan fingerprint density at radius 2 is 2.10 bits per heavy atom. The van der Waals surface area contributed by atoms with E-state index in [0.29, 0.717) is 12.1 Å². The Hall–Kier alpha value is -0.380. The second-order valence-electron chi connectivity index (χ2n) is 7.33. The molecule has 1 aromatic rings. The molecule has 0 aromatic carbocycles. The van der Waals surface area contributed by atoms with Crippen LogP contribution in [-0.2, 0) is 6.42 Å². The molecule has 0 bridgehead atoms. The third-order valence-corrected chi connectivity index (χ3v) is 6.89. The third-order valence-electron chi connectivity index (χ3n) is 5.90. The van der Waals surface area contributed by atoms with E-state index in [1.54, 1.807) is 10.4 Å². The van der Waals surface area contributed by atoms with Crippen LogP contribution in [0, 0.1) is 17.8 Å². The third kappa shape index (κ3) is 3.06. The topological polar surface area (TPSA) is 15.3 Å². The minimum atomic E-state index is 0.601. The summed E-state index contributed by atoms with van der Waals surface area (Å²) in [6.07, 6.45) is 3.99. The fourth-order valence-corrected chi connectivity index (χ4v) is 5.59. The number of fused-ring (bicyclic) bond motifs is 1. The van der Waals surface area contributed by atoms with Gasteiger partial charge in [-0.3, -0.25) is 4.90 Å². The van der Waals surface area contributed by atoms with Crippen LogP contribution in [0.1, 0.15) is 50.1 Å². The van der Waals surface area contributed by atoms with Crippen LogP contribution in [0.25, 0.3) is 0 Å². The average Bonchev–Trinajstić information content (AvgIpc) is 2.93. The second kappa shape index (κ2) is 6.39. The lowest BCUT2D eigenvalue weighted by Crippen LogP contribution is -2.49. The molecule has 1 aliphatic heterocycles. The van der Waals surface area contributed by atoms with Gasteiger partial charge in [-0.05, 0) is 68.0 Å². The zero-order valence-corrected chi connectivity index (χ0v) is 14.7. The molecule has 0 radical (unpaired) electrons. The van der Waals surface area contributed by atoms with Crippen LogP contribution in [-0.4, -0.2) is 31.1 Å². The average molecular weight is 307 g/mol. The summed E-state index contributed by atoms with van der Waals surface area (Å²) in [6, 6.07) is 3.64. The summed E-state index contributed by atoms with van der Waals surface area (Å²) < 4.78 is 0. The van der Waals surface area contributed by atoms with Crippen LogP contribution >= 0.6 is 11.3 Å². The summed E-state index contributed by atoms with van der Waals surface area (Å²) in [5.41, 5.74) is 1.59. The summed E-state index contributed by atoms with van der Waals surface area (Å²) in [6.45, 7) is 9.78. The number of hydrogen-bond acceptors (Lipinski definition) is 3. The Labute approximate surface area is 133 Å². The fraction of sp³-hybridized carbons (Fsp3) is 0.778. The van der Waals surface area contributed by atoms with Crippen LogP contribution in [0.15, 0.2) is 11.4 Å². The number of nitrogens with zero attached hydrogens (tertiary/aromatic N) is 1. The number of rotatable bonds is 3. The summed E-state index contributed by atoms with van der Waals surface area (Å²) in [7, 11) is 2.15. The summed E-state index contributed by atoms with van der Waals surface area (Å²) in [5.74, 6) is 2.51. The first-order chi connectivity index (χ1) is 10.1. The molecule has 0 spiro atoms. The largest absolute Gasteiger partial charge is 0.317 e. The van der Waals surface area contributed by atoms with Crippen molar-refractivity contribution < 1.29 is 0 Å². The Balaban J connectivity index is 1.71. The fourth-order valence-electron chi connectivity index (χ4n) is 4.63. The first-order valence-electron chi connectivity index (χ1n) is 8.57. The van der Waals surface area contributed by atoms with Gasteiger partial charge in [-0.2, -0.15) is 0 Å². The van der Waals surface area contributed by atoms with Crippen molar-refractivity contribution >= 4 is 11.3 Å². The van der Waals surface area contributed by atoms with Gasteiger partial charge in [0, 0.05) is 30.1 Å². The maximum atomic E-state index is 3.61. The molecule has 2 nitrogen and oxygen atoms in total. The van der Waals surface area contributed by atoms with Gasteiger partial charge >= 0.3 is 0 Å². The first kappa shape index (κ1) is 15.5. The lowest BCUT2D eigenvalue weighted by Gasteiger charge is -2.44. The maximum Gasteiger partial charge on any atom is 0.0331 e. The Morgan fingerprint density at radius 3 is 2.86 bits per heavy atom. The van der Waals surface area contributed by atoms with E-state index in [9.17, 15) is 0 Å². The van der Waals surface area contributed by atoms with E-state index in [1.165, 1.54) is 32.4 Å². The van der Waals surface area contributed by atoms with E-state index in [-0.39, 0.29) is 0 Å². The molecule has 1 saturated carbocycles. The molecular weight excluding hydrogens is 276 g/mol. The van der Waals surface area contributed by atoms with Crippen LogP contribution in [0.3, 0.4) is 0 Å². The highest BCUT2D eigenvalue weighted by molar-refractivity contribution is 7.10. The van der Waals surface area contributed by atoms with Crippen molar-refractivity contribution in [1.82, 2.24) is 10.2 Å². The molecule has 2 aliphatic rings. The van der Waals surface area contributed by atoms with E-state index < -0.39 is 0 Å². The Morgan fingerprint density at radius 1 is 1.29 bits per heavy atom. The van der Waals surface area contributed by atoms with E-state index in [0.717, 1.165) is 17.8 Å². The van der Waals surface area contributed by atoms with Crippen molar-refractivity contribution in [2.24, 2.45) is 17.8 Å². The van der Waals surface area contributed by atoms with Crippen LogP contribution in [0.5, 0.6) is 0 Å². The first-order valence-corrected chi connectivity index (χ1v) is 9.45. The van der Waals surface area contributed by atoms with Gasteiger partial charge in [0.2, 0.25) is 0 Å². The smallest absolute Gasteiger partial charge is 0.0331 e. The van der Waals surface area contributed by atoms with Crippen molar-refractivity contribution in [2.75, 3.05) is 20.1 Å². The highest BCUT2D eigenvalue weighted by atomic mass is 32.1. The van der Waals surface area contributed by atoms with Gasteiger partial charge in [0.1, 0.15) is 0 Å². The van der Waals surface area contributed by atoms with Gasteiger partial charge in [0.25, 0.3) is 0 Å². The highest BCUT2D eigenvalue weighted by Crippen LogP contribution is 2.38. The summed E-state index contributed by atoms with van der Waals surface area (Å²) in [5, 5.41) is 5.88. The zero-order valence-electron chi connectivity index (χ0n) is 13.9. The molecule has 3 rings (SSSR count). The lowest BCUT2D eigenvalue weighted by molar-refractivity contribution is 0.0826. The normalized spacial score (nSPS) is 37.4. The molecule has 118 valence electrons. The van der Waals surface area contributed by atoms with Gasteiger partial charge in [-0.1, -0.05) is 13.8 Å². The predicted molar refractivity (Wildman–Crippen MR) is 91.9 cm³/mol. The minimum Gasteiger partial charge on any atom is -0.317 e. The van der Waals surface area contributed by atoms with Crippen LogP contribution in [0.4, 0.5) is 0 Å². The highest BCUT2D eigenvalue weighted by Gasteiger charge is 2.36. The van der Waals surface area contributed by atoms with E-state index in [4.69, 9.17) is 0 Å². The number of hydrogen-bond donors (Lipinski definition) is 1. The molecule has 3 heteroatoms. The second-order valence-corrected chi connectivity index (χ2v) is 8.33. The molecule has 1 fully saturated rings. The van der Waals surface area contributed by atoms with Crippen molar-refractivity contribution in [3.8, 4) is 0 Å². The van der Waals surface area contributed by atoms with Crippen molar-refractivity contribution in [1.29, 1.82) is 0 Å². The molecule has 5 unspecified atom stereocenters. The van der Waals surface area contributed by atoms with Gasteiger partial charge in [0.05, 0.1) is 0 Å². The summed E-state index contributed by atoms with van der Waals surface area (Å²) >= 11 is 1.94. The molecule has 21 heavy (non-hydrogen) atoms. The van der Waals surface area contributed by atoms with Crippen LogP contribution in [0.2, 0.25) is 0 Å². The van der Waals surface area contributed by atoms with Gasteiger partial charge < -0.3 is 5.32 Å². The standard InChI is InChI=1S/C18H30N2S/c1-12-9-13(2)16(17(10-12)19-4)11-20-7-5-18-15(14(20)3)6-8-21-18/h6,8,12-14,16-17,19H,5,7,9-11H2,1-4H3. The summed E-state index contributed by atoms with van der Waals surface area (Å²) in [4.78, 5) is 4.35. The molecular formula is C18H30N2S. The van der Waals surface area contributed by atoms with Gasteiger partial charge in [-0.25, -0.2) is 0 Å². The van der Waals surface area contributed by atoms with E-state index in [1.807, 2.05) is 11.3 Å². The number of nitrogens with one attached hydrogen (secondary N) is 1. The van der Waals surface area contributed by atoms with Gasteiger partial charge in [-0.15, -0.1) is 11.3 Å². The van der Waals surface area contributed by atoms with Crippen LogP contribution < -0.4 is 5.32 Å². The van der Waals surface area contributed by atoms with E-state index in [2.05, 4.69) is 49.5 Å². The van der Waals surface area contributed by atoms with Crippen molar-refractivity contribution in [3.05, 3.63) is 21.9 Å². The monoisotopic (exact) mass is 306 g/mol. The quantitative estimate of drug-likeness (QED) is 0.910. The van der Waals surface area contributed by atoms with E-state index >= 15 is 0 Å². The molecule has 1 N–H and O–H groups in total. The number of thiophene rings is 1. The molecule has 1 aliphatic carbocycles. The molecule has 0 amide bonds. The predicted octanol–water partition coefficient (Wildman–Crippen LogP) is 3.94. The minimum absolute atomic E-state index is 0.601. The van der Waals surface area contributed by atoms with Crippen molar-refractivity contribution in [3.63, 3.8) is 0 Å². The molecule has 5 atom stereocenters. The van der Waals surface area contributed by atoms with Crippen molar-refractivity contribution in [2.45, 2.75) is 52.1 Å². The molecule has 2 heterocycles.